The number of amides is 1. The molecule has 1 amide bonds. The van der Waals surface area contributed by atoms with Gasteiger partial charge in [-0.05, 0) is 40.7 Å². The zero-order chi connectivity index (χ0) is 17.8. The van der Waals surface area contributed by atoms with Crippen LogP contribution in [0.4, 0.5) is 15.0 Å². The molecule has 0 radical (unpaired) electrons. The normalized spacial score (nSPS) is 13.7. The van der Waals surface area contributed by atoms with Crippen LogP contribution < -0.4 is 10.6 Å². The summed E-state index contributed by atoms with van der Waals surface area (Å²) in [5, 5.41) is 14.2. The van der Waals surface area contributed by atoms with Gasteiger partial charge in [0.2, 0.25) is 0 Å². The average molecular weight is 343 g/mol. The summed E-state index contributed by atoms with van der Waals surface area (Å²) in [6.45, 7) is 8.77. The zero-order valence-electron chi connectivity index (χ0n) is 13.7. The zero-order valence-corrected chi connectivity index (χ0v) is 14.5. The van der Waals surface area contributed by atoms with E-state index in [0.29, 0.717) is 0 Å². The molecule has 0 aliphatic heterocycles. The number of carbonyl (C=O) groups excluding carboxylic acids is 1. The van der Waals surface area contributed by atoms with Crippen molar-refractivity contribution in [2.75, 3.05) is 5.32 Å². The third-order valence-corrected chi connectivity index (χ3v) is 3.20. The number of aromatic nitrogens is 1. The van der Waals surface area contributed by atoms with E-state index >= 15 is 0 Å². The van der Waals surface area contributed by atoms with Crippen LogP contribution in [0.3, 0.4) is 0 Å². The van der Waals surface area contributed by atoms with Gasteiger partial charge in [0.15, 0.2) is 11.6 Å². The van der Waals surface area contributed by atoms with Crippen molar-refractivity contribution in [3.05, 3.63) is 22.6 Å². The van der Waals surface area contributed by atoms with Crippen molar-refractivity contribution in [2.45, 2.75) is 52.3 Å². The first-order valence-corrected chi connectivity index (χ1v) is 7.43. The van der Waals surface area contributed by atoms with Crippen LogP contribution in [0.1, 0.15) is 40.2 Å². The second kappa shape index (κ2) is 7.47. The minimum atomic E-state index is -0.692. The number of nitriles is 1. The summed E-state index contributed by atoms with van der Waals surface area (Å²) in [5.74, 6) is -0.776. The van der Waals surface area contributed by atoms with Crippen molar-refractivity contribution >= 4 is 23.5 Å². The van der Waals surface area contributed by atoms with Gasteiger partial charge in [-0.25, -0.2) is 14.2 Å². The second-order valence-electron chi connectivity index (χ2n) is 6.14. The van der Waals surface area contributed by atoms with Gasteiger partial charge < -0.3 is 15.4 Å². The Balaban J connectivity index is 2.72. The van der Waals surface area contributed by atoms with Crippen molar-refractivity contribution in [1.82, 2.24) is 10.3 Å². The lowest BCUT2D eigenvalue weighted by Gasteiger charge is -2.26. The number of alkyl carbamates (subject to hydrolysis) is 1. The van der Waals surface area contributed by atoms with Crippen LogP contribution in [-0.4, -0.2) is 28.8 Å². The highest BCUT2D eigenvalue weighted by Crippen LogP contribution is 2.20. The number of hydrogen-bond donors (Lipinski definition) is 2. The van der Waals surface area contributed by atoms with Gasteiger partial charge >= 0.3 is 6.09 Å². The number of pyridine rings is 1. The molecule has 0 aliphatic rings. The molecule has 0 fully saturated rings. The molecule has 8 heteroatoms. The van der Waals surface area contributed by atoms with Gasteiger partial charge in [0.25, 0.3) is 0 Å². The fraction of sp³-hybridized carbons (Fsp3) is 0.533. The molecule has 126 valence electrons. The van der Waals surface area contributed by atoms with Gasteiger partial charge in [0.05, 0.1) is 5.56 Å². The Hall–Kier alpha value is -2.07. The molecule has 1 aromatic rings. The lowest BCUT2D eigenvalue weighted by molar-refractivity contribution is 0.0504. The fourth-order valence-electron chi connectivity index (χ4n) is 1.61. The molecule has 0 saturated heterocycles. The molecule has 0 unspecified atom stereocenters. The minimum Gasteiger partial charge on any atom is -0.444 e. The molecular weight excluding hydrogens is 323 g/mol. The standard InChI is InChI=1S/C15H20ClFN4O2/c1-8(9(2)20-14(22)23-15(3,4)5)19-13-11(17)6-10(7-18)12(16)21-13/h6,8-9H,1-5H3,(H,19,21)(H,20,22)/t8-,9+/m1/s1. The first-order valence-electron chi connectivity index (χ1n) is 7.05. The van der Waals surface area contributed by atoms with Crippen LogP contribution in [0.25, 0.3) is 0 Å². The summed E-state index contributed by atoms with van der Waals surface area (Å²) < 4.78 is 19.0. The molecule has 1 rings (SSSR count). The van der Waals surface area contributed by atoms with Crippen LogP contribution in [0, 0.1) is 17.1 Å². The van der Waals surface area contributed by atoms with Crippen molar-refractivity contribution in [3.8, 4) is 6.07 Å². The van der Waals surface area contributed by atoms with E-state index in [4.69, 9.17) is 21.6 Å². The van der Waals surface area contributed by atoms with E-state index in [9.17, 15) is 9.18 Å². The summed E-state index contributed by atoms with van der Waals surface area (Å²) >= 11 is 5.79. The van der Waals surface area contributed by atoms with Gasteiger partial charge in [-0.3, -0.25) is 0 Å². The van der Waals surface area contributed by atoms with Crippen LogP contribution in [-0.2, 0) is 4.74 Å². The Labute approximate surface area is 140 Å². The maximum atomic E-state index is 13.9. The minimum absolute atomic E-state index is 0.0395. The Kier molecular flexibility index (Phi) is 6.16. The van der Waals surface area contributed by atoms with E-state index in [2.05, 4.69) is 15.6 Å². The number of hydrogen-bond acceptors (Lipinski definition) is 5. The average Bonchev–Trinajstić information content (AvgIpc) is 2.39. The number of anilines is 1. The Morgan fingerprint density at radius 3 is 2.57 bits per heavy atom. The van der Waals surface area contributed by atoms with E-state index in [1.807, 2.05) is 0 Å². The van der Waals surface area contributed by atoms with Crippen molar-refractivity contribution in [1.29, 1.82) is 5.26 Å². The third kappa shape index (κ3) is 5.91. The van der Waals surface area contributed by atoms with Gasteiger partial charge in [0, 0.05) is 12.1 Å². The van der Waals surface area contributed by atoms with Gasteiger partial charge in [-0.15, -0.1) is 0 Å². The predicted molar refractivity (Wildman–Crippen MR) is 85.8 cm³/mol. The molecule has 0 spiro atoms. The van der Waals surface area contributed by atoms with Gasteiger partial charge in [-0.1, -0.05) is 11.6 Å². The van der Waals surface area contributed by atoms with Crippen LogP contribution >= 0.6 is 11.6 Å². The smallest absolute Gasteiger partial charge is 0.407 e. The van der Waals surface area contributed by atoms with Gasteiger partial charge in [-0.2, -0.15) is 5.26 Å². The molecule has 0 aliphatic carbocycles. The van der Waals surface area contributed by atoms with E-state index in [1.54, 1.807) is 40.7 Å². The Bertz CT molecular complexity index is 625. The predicted octanol–water partition coefficient (Wildman–Crippen LogP) is 3.46. The maximum absolute atomic E-state index is 13.9. The van der Waals surface area contributed by atoms with Crippen molar-refractivity contribution < 1.29 is 13.9 Å². The lowest BCUT2D eigenvalue weighted by atomic mass is 10.1. The van der Waals surface area contributed by atoms with E-state index in [1.165, 1.54) is 0 Å². The number of nitrogens with zero attached hydrogens (tertiary/aromatic N) is 2. The number of carbonyl (C=O) groups is 1. The molecule has 2 atom stereocenters. The molecule has 1 heterocycles. The largest absolute Gasteiger partial charge is 0.444 e. The summed E-state index contributed by atoms with van der Waals surface area (Å²) in [4.78, 5) is 15.5. The van der Waals surface area contributed by atoms with E-state index in [-0.39, 0.29) is 28.6 Å². The molecule has 0 aromatic carbocycles. The number of rotatable bonds is 4. The summed E-state index contributed by atoms with van der Waals surface area (Å²) in [7, 11) is 0. The second-order valence-corrected chi connectivity index (χ2v) is 6.49. The topological polar surface area (TPSA) is 87.0 Å². The highest BCUT2D eigenvalue weighted by atomic mass is 35.5. The SMILES string of the molecule is C[C@H](NC(=O)OC(C)(C)C)[C@@H](C)Nc1nc(Cl)c(C#N)cc1F. The van der Waals surface area contributed by atoms with Crippen LogP contribution in [0.15, 0.2) is 6.07 Å². The fourth-order valence-corrected chi connectivity index (χ4v) is 1.79. The van der Waals surface area contributed by atoms with Crippen LogP contribution in [0.5, 0.6) is 0 Å². The van der Waals surface area contributed by atoms with Crippen molar-refractivity contribution in [2.24, 2.45) is 0 Å². The lowest BCUT2D eigenvalue weighted by Crippen LogP contribution is -2.45. The maximum Gasteiger partial charge on any atom is 0.407 e. The highest BCUT2D eigenvalue weighted by Gasteiger charge is 2.21. The van der Waals surface area contributed by atoms with Crippen molar-refractivity contribution in [3.63, 3.8) is 0 Å². The molecule has 0 bridgehead atoms. The monoisotopic (exact) mass is 342 g/mol. The first-order chi connectivity index (χ1) is 10.5. The molecule has 23 heavy (non-hydrogen) atoms. The number of ether oxygens (including phenoxy) is 1. The molecule has 1 aromatic heterocycles. The molecular formula is C15H20ClFN4O2. The van der Waals surface area contributed by atoms with Crippen LogP contribution in [0.2, 0.25) is 5.15 Å². The Morgan fingerprint density at radius 1 is 1.43 bits per heavy atom. The van der Waals surface area contributed by atoms with E-state index < -0.39 is 17.5 Å². The third-order valence-electron chi connectivity index (χ3n) is 2.91. The summed E-state index contributed by atoms with van der Waals surface area (Å²) in [6, 6.07) is 2.05. The summed E-state index contributed by atoms with van der Waals surface area (Å²) in [5.41, 5.74) is -0.642. The molecule has 2 N–H and O–H groups in total. The number of halogens is 2. The first kappa shape index (κ1) is 19.0. The molecule has 6 nitrogen and oxygen atoms in total. The quantitative estimate of drug-likeness (QED) is 0.818. The van der Waals surface area contributed by atoms with E-state index in [0.717, 1.165) is 6.07 Å². The Morgan fingerprint density at radius 2 is 2.04 bits per heavy atom. The highest BCUT2D eigenvalue weighted by molar-refractivity contribution is 6.30. The molecule has 0 saturated carbocycles. The van der Waals surface area contributed by atoms with Gasteiger partial charge in [0.1, 0.15) is 16.8 Å². The summed E-state index contributed by atoms with van der Waals surface area (Å²) in [6.07, 6.45) is -0.565. The number of nitrogens with one attached hydrogen (secondary N) is 2.